The van der Waals surface area contributed by atoms with Gasteiger partial charge in [0.1, 0.15) is 5.75 Å². The largest absolute Gasteiger partial charge is 0.482 e. The molecule has 0 spiro atoms. The maximum absolute atomic E-state index is 12.8. The summed E-state index contributed by atoms with van der Waals surface area (Å²) in [6, 6.07) is 13.1. The van der Waals surface area contributed by atoms with Crippen LogP contribution in [0.3, 0.4) is 0 Å². The molecule has 0 bridgehead atoms. The van der Waals surface area contributed by atoms with E-state index in [1.54, 1.807) is 18.2 Å². The summed E-state index contributed by atoms with van der Waals surface area (Å²) in [6.07, 6.45) is 4.96. The van der Waals surface area contributed by atoms with Crippen LogP contribution in [0.15, 0.2) is 47.4 Å². The van der Waals surface area contributed by atoms with Crippen molar-refractivity contribution in [3.8, 4) is 5.75 Å². The molecule has 0 atom stereocenters. The van der Waals surface area contributed by atoms with Crippen molar-refractivity contribution in [3.05, 3.63) is 59.2 Å². The van der Waals surface area contributed by atoms with E-state index >= 15 is 0 Å². The molecule has 5 nitrogen and oxygen atoms in total. The number of hydrogen-bond acceptors (Lipinski definition) is 4. The van der Waals surface area contributed by atoms with Gasteiger partial charge in [-0.15, -0.1) is 11.8 Å². The first-order chi connectivity index (χ1) is 13.5. The van der Waals surface area contributed by atoms with Crippen molar-refractivity contribution in [1.82, 2.24) is 5.32 Å². The lowest BCUT2D eigenvalue weighted by atomic mass is 10.1. The number of amides is 1. The third-order valence-electron chi connectivity index (χ3n) is 4.69. The van der Waals surface area contributed by atoms with Crippen LogP contribution in [-0.2, 0) is 11.3 Å². The Morgan fingerprint density at radius 3 is 2.71 bits per heavy atom. The lowest BCUT2D eigenvalue weighted by Crippen LogP contribution is -2.23. The Bertz CT molecular complexity index is 846. The lowest BCUT2D eigenvalue weighted by molar-refractivity contribution is -0.139. The number of aryl methyl sites for hydroxylation is 1. The molecule has 2 aromatic rings. The number of ether oxygens (including phenoxy) is 1. The van der Waals surface area contributed by atoms with Crippen LogP contribution in [0.5, 0.6) is 5.75 Å². The van der Waals surface area contributed by atoms with E-state index in [-0.39, 0.29) is 12.5 Å². The minimum Gasteiger partial charge on any atom is -0.482 e. The van der Waals surface area contributed by atoms with Crippen LogP contribution < -0.4 is 10.1 Å². The van der Waals surface area contributed by atoms with Gasteiger partial charge in [-0.1, -0.05) is 36.6 Å². The van der Waals surface area contributed by atoms with Gasteiger partial charge in [-0.3, -0.25) is 4.79 Å². The highest BCUT2D eigenvalue weighted by Crippen LogP contribution is 2.36. The first-order valence-corrected chi connectivity index (χ1v) is 10.4. The molecule has 2 N–H and O–H groups in total. The number of nitrogens with one attached hydrogen (secondary N) is 1. The highest BCUT2D eigenvalue weighted by molar-refractivity contribution is 8.00. The number of hydrogen-bond donors (Lipinski definition) is 2. The molecule has 3 rings (SSSR count). The summed E-state index contributed by atoms with van der Waals surface area (Å²) in [7, 11) is 0. The Hall–Kier alpha value is -2.47. The number of aliphatic carboxylic acids is 1. The highest BCUT2D eigenvalue weighted by Gasteiger charge is 2.20. The predicted molar refractivity (Wildman–Crippen MR) is 110 cm³/mol. The minimum absolute atomic E-state index is 0.0962. The lowest BCUT2D eigenvalue weighted by Gasteiger charge is -2.14. The van der Waals surface area contributed by atoms with Crippen LogP contribution in [-0.4, -0.2) is 28.8 Å². The topological polar surface area (TPSA) is 75.6 Å². The zero-order valence-electron chi connectivity index (χ0n) is 15.9. The summed E-state index contributed by atoms with van der Waals surface area (Å²) >= 11 is 1.81. The Kier molecular flexibility index (Phi) is 6.98. The molecular formula is C22H25NO4S. The molecule has 0 saturated heterocycles. The average Bonchev–Trinajstić information content (AvgIpc) is 3.19. The van der Waals surface area contributed by atoms with Crippen molar-refractivity contribution in [2.45, 2.75) is 49.3 Å². The smallest absolute Gasteiger partial charge is 0.341 e. The molecule has 6 heteroatoms. The summed E-state index contributed by atoms with van der Waals surface area (Å²) in [5.74, 6) is -0.645. The number of carboxylic acids is 1. The first-order valence-electron chi connectivity index (χ1n) is 9.50. The molecular weight excluding hydrogens is 374 g/mol. The van der Waals surface area contributed by atoms with Crippen molar-refractivity contribution in [2.24, 2.45) is 0 Å². The van der Waals surface area contributed by atoms with Crippen molar-refractivity contribution < 1.29 is 19.4 Å². The van der Waals surface area contributed by atoms with Crippen molar-refractivity contribution >= 4 is 23.6 Å². The predicted octanol–water partition coefficient (Wildman–Crippen LogP) is 4.42. The molecule has 1 fully saturated rings. The molecule has 0 heterocycles. The van der Waals surface area contributed by atoms with E-state index in [1.165, 1.54) is 25.7 Å². The molecule has 0 aliphatic heterocycles. The van der Waals surface area contributed by atoms with E-state index in [2.05, 4.69) is 11.4 Å². The van der Waals surface area contributed by atoms with E-state index in [0.29, 0.717) is 17.5 Å². The van der Waals surface area contributed by atoms with Crippen LogP contribution in [0, 0.1) is 6.92 Å². The Balaban J connectivity index is 1.65. The number of carboxylic acid groups (broad SMARTS) is 1. The number of carbonyl (C=O) groups is 2. The van der Waals surface area contributed by atoms with Gasteiger partial charge in [-0.2, -0.15) is 0 Å². The number of rotatable bonds is 8. The van der Waals surface area contributed by atoms with Gasteiger partial charge in [0.25, 0.3) is 5.91 Å². The Morgan fingerprint density at radius 1 is 1.18 bits per heavy atom. The number of benzene rings is 2. The molecule has 0 radical (unpaired) electrons. The second kappa shape index (κ2) is 9.64. The van der Waals surface area contributed by atoms with Gasteiger partial charge in [0.05, 0.1) is 5.56 Å². The number of thioether (sulfide) groups is 1. The summed E-state index contributed by atoms with van der Waals surface area (Å²) in [5.41, 5.74) is 2.63. The second-order valence-electron chi connectivity index (χ2n) is 7.04. The van der Waals surface area contributed by atoms with Crippen molar-refractivity contribution in [3.63, 3.8) is 0 Å². The summed E-state index contributed by atoms with van der Waals surface area (Å²) in [6.45, 7) is 1.95. The average molecular weight is 400 g/mol. The summed E-state index contributed by atoms with van der Waals surface area (Å²) in [4.78, 5) is 24.5. The SMILES string of the molecule is Cc1ccc(SC2CCCC2)c(C(=O)NCc2cccc(OCC(=O)O)c2)c1. The molecule has 0 unspecified atom stereocenters. The summed E-state index contributed by atoms with van der Waals surface area (Å²) in [5, 5.41) is 12.3. The molecule has 1 amide bonds. The Labute approximate surface area is 169 Å². The Morgan fingerprint density at radius 2 is 1.96 bits per heavy atom. The van der Waals surface area contributed by atoms with Gasteiger partial charge in [0, 0.05) is 16.7 Å². The zero-order chi connectivity index (χ0) is 19.9. The van der Waals surface area contributed by atoms with Crippen molar-refractivity contribution in [2.75, 3.05) is 6.61 Å². The second-order valence-corrected chi connectivity index (χ2v) is 8.38. The quantitative estimate of drug-likeness (QED) is 0.687. The van der Waals surface area contributed by atoms with E-state index in [4.69, 9.17) is 9.84 Å². The van der Waals surface area contributed by atoms with E-state index in [9.17, 15) is 9.59 Å². The molecule has 148 valence electrons. The third-order valence-corrected chi connectivity index (χ3v) is 6.10. The maximum atomic E-state index is 12.8. The summed E-state index contributed by atoms with van der Waals surface area (Å²) < 4.78 is 5.19. The highest BCUT2D eigenvalue weighted by atomic mass is 32.2. The van der Waals surface area contributed by atoms with Crippen LogP contribution in [0.4, 0.5) is 0 Å². The molecule has 1 aliphatic rings. The molecule has 1 aliphatic carbocycles. The van der Waals surface area contributed by atoms with Gasteiger partial charge >= 0.3 is 5.97 Å². The standard InChI is InChI=1S/C22H25NO4S/c1-15-9-10-20(28-18-7-2-3-8-18)19(11-15)22(26)23-13-16-5-4-6-17(12-16)27-14-21(24)25/h4-6,9-12,18H,2-3,7-8,13-14H2,1H3,(H,23,26)(H,24,25). The zero-order valence-corrected chi connectivity index (χ0v) is 16.8. The maximum Gasteiger partial charge on any atom is 0.341 e. The van der Waals surface area contributed by atoms with Gasteiger partial charge < -0.3 is 15.2 Å². The number of carbonyl (C=O) groups excluding carboxylic acids is 1. The normalized spacial score (nSPS) is 14.0. The van der Waals surface area contributed by atoms with Crippen LogP contribution >= 0.6 is 11.8 Å². The van der Waals surface area contributed by atoms with Gasteiger partial charge in [0.2, 0.25) is 0 Å². The van der Waals surface area contributed by atoms with E-state index < -0.39 is 5.97 Å². The first kappa shape index (κ1) is 20.3. The fourth-order valence-corrected chi connectivity index (χ4v) is 4.63. The fraction of sp³-hybridized carbons (Fsp3) is 0.364. The van der Waals surface area contributed by atoms with Gasteiger partial charge in [-0.05, 0) is 49.6 Å². The van der Waals surface area contributed by atoms with Crippen LogP contribution in [0.1, 0.15) is 47.2 Å². The van der Waals surface area contributed by atoms with E-state index in [1.807, 2.05) is 36.9 Å². The van der Waals surface area contributed by atoms with Gasteiger partial charge in [-0.25, -0.2) is 4.79 Å². The molecule has 2 aromatic carbocycles. The monoisotopic (exact) mass is 399 g/mol. The molecule has 1 saturated carbocycles. The van der Waals surface area contributed by atoms with Crippen LogP contribution in [0.2, 0.25) is 0 Å². The molecule has 0 aromatic heterocycles. The fourth-order valence-electron chi connectivity index (χ4n) is 3.28. The van der Waals surface area contributed by atoms with Crippen LogP contribution in [0.25, 0.3) is 0 Å². The van der Waals surface area contributed by atoms with Crippen molar-refractivity contribution in [1.29, 1.82) is 0 Å². The minimum atomic E-state index is -1.02. The molecule has 28 heavy (non-hydrogen) atoms. The van der Waals surface area contributed by atoms with E-state index in [0.717, 1.165) is 21.6 Å². The van der Waals surface area contributed by atoms with Gasteiger partial charge in [0.15, 0.2) is 6.61 Å². The third kappa shape index (κ3) is 5.76.